The number of halogens is 2. The predicted molar refractivity (Wildman–Crippen MR) is 80.4 cm³/mol. The Morgan fingerprint density at radius 3 is 2.68 bits per heavy atom. The second kappa shape index (κ2) is 7.28. The molecule has 1 aromatic carbocycles. The molecule has 19 heavy (non-hydrogen) atoms. The minimum Gasteiger partial charge on any atom is -0.494 e. The zero-order valence-corrected chi connectivity index (χ0v) is 13.1. The number of hydrogen-bond donors (Lipinski definition) is 0. The molecule has 1 aromatic rings. The lowest BCUT2D eigenvalue weighted by Gasteiger charge is -2.22. The van der Waals surface area contributed by atoms with Crippen LogP contribution in [-0.2, 0) is 0 Å². The van der Waals surface area contributed by atoms with Crippen LogP contribution in [-0.4, -0.2) is 7.11 Å². The van der Waals surface area contributed by atoms with Crippen LogP contribution in [0.4, 0.5) is 4.39 Å². The molecule has 1 aliphatic carbocycles. The van der Waals surface area contributed by atoms with Gasteiger partial charge in [-0.2, -0.15) is 0 Å². The molecule has 106 valence electrons. The van der Waals surface area contributed by atoms with Gasteiger partial charge >= 0.3 is 0 Å². The number of ether oxygens (including phenoxy) is 1. The van der Waals surface area contributed by atoms with Crippen LogP contribution in [0.5, 0.6) is 5.75 Å². The maximum atomic E-state index is 13.7. The summed E-state index contributed by atoms with van der Waals surface area (Å²) >= 11 is 3.69. The Kier molecular flexibility index (Phi) is 5.68. The molecule has 0 spiro atoms. The van der Waals surface area contributed by atoms with E-state index in [1.807, 2.05) is 6.07 Å². The zero-order valence-electron chi connectivity index (χ0n) is 11.5. The van der Waals surface area contributed by atoms with Crippen LogP contribution in [0.2, 0.25) is 0 Å². The topological polar surface area (TPSA) is 9.23 Å². The summed E-state index contributed by atoms with van der Waals surface area (Å²) in [7, 11) is 1.49. The quantitative estimate of drug-likeness (QED) is 0.636. The van der Waals surface area contributed by atoms with Gasteiger partial charge < -0.3 is 4.74 Å². The molecule has 1 nitrogen and oxygen atoms in total. The van der Waals surface area contributed by atoms with Gasteiger partial charge in [-0.25, -0.2) is 4.39 Å². The first-order valence-electron chi connectivity index (χ1n) is 7.18. The lowest BCUT2D eigenvalue weighted by atomic mass is 9.85. The molecule has 0 amide bonds. The maximum Gasteiger partial charge on any atom is 0.165 e. The first kappa shape index (κ1) is 14.8. The van der Waals surface area contributed by atoms with Crippen molar-refractivity contribution in [1.82, 2.24) is 0 Å². The lowest BCUT2D eigenvalue weighted by molar-refractivity contribution is 0.332. The lowest BCUT2D eigenvalue weighted by Crippen LogP contribution is -2.07. The fourth-order valence-corrected chi connectivity index (χ4v) is 3.45. The van der Waals surface area contributed by atoms with Crippen LogP contribution in [0.3, 0.4) is 0 Å². The van der Waals surface area contributed by atoms with E-state index in [1.165, 1.54) is 45.6 Å². The summed E-state index contributed by atoms with van der Waals surface area (Å²) in [6.45, 7) is 0. The molecular weight excluding hydrogens is 307 g/mol. The largest absolute Gasteiger partial charge is 0.494 e. The van der Waals surface area contributed by atoms with Crippen molar-refractivity contribution >= 4 is 15.9 Å². The highest BCUT2D eigenvalue weighted by molar-refractivity contribution is 9.09. The van der Waals surface area contributed by atoms with E-state index in [0.29, 0.717) is 5.75 Å². The standard InChI is InChI=1S/C16H22BrFO/c1-19-16-10-8-13(11-15(16)18)14(17)9-7-12-5-3-2-4-6-12/h8,10-12,14H,2-7,9H2,1H3. The van der Waals surface area contributed by atoms with E-state index in [0.717, 1.165) is 17.9 Å². The molecule has 0 aliphatic heterocycles. The first-order valence-corrected chi connectivity index (χ1v) is 8.09. The summed E-state index contributed by atoms with van der Waals surface area (Å²) in [6.07, 6.45) is 9.23. The molecule has 0 heterocycles. The fraction of sp³-hybridized carbons (Fsp3) is 0.625. The molecule has 0 saturated heterocycles. The van der Waals surface area contributed by atoms with Crippen molar-refractivity contribution in [2.45, 2.75) is 49.8 Å². The van der Waals surface area contributed by atoms with Crippen molar-refractivity contribution in [2.75, 3.05) is 7.11 Å². The summed E-state index contributed by atoms with van der Waals surface area (Å²) < 4.78 is 18.6. The highest BCUT2D eigenvalue weighted by Gasteiger charge is 2.16. The molecule has 1 saturated carbocycles. The van der Waals surface area contributed by atoms with Gasteiger partial charge in [0.05, 0.1) is 7.11 Å². The Bertz CT molecular complexity index is 402. The first-order chi connectivity index (χ1) is 9.20. The molecule has 1 aliphatic rings. The maximum absolute atomic E-state index is 13.7. The highest BCUT2D eigenvalue weighted by Crippen LogP contribution is 2.35. The number of rotatable bonds is 5. The zero-order chi connectivity index (χ0) is 13.7. The van der Waals surface area contributed by atoms with Crippen LogP contribution in [0.25, 0.3) is 0 Å². The van der Waals surface area contributed by atoms with Gasteiger partial charge in [0.25, 0.3) is 0 Å². The van der Waals surface area contributed by atoms with E-state index in [4.69, 9.17) is 4.74 Å². The summed E-state index contributed by atoms with van der Waals surface area (Å²) in [4.78, 5) is 0.245. The van der Waals surface area contributed by atoms with Crippen LogP contribution in [0, 0.1) is 11.7 Å². The number of benzene rings is 1. The fourth-order valence-electron chi connectivity index (χ4n) is 2.90. The van der Waals surface area contributed by atoms with Crippen LogP contribution in [0.15, 0.2) is 18.2 Å². The third kappa shape index (κ3) is 4.20. The second-order valence-electron chi connectivity index (χ2n) is 5.44. The second-order valence-corrected chi connectivity index (χ2v) is 6.55. The Balaban J connectivity index is 1.88. The Morgan fingerprint density at radius 1 is 1.32 bits per heavy atom. The average molecular weight is 329 g/mol. The van der Waals surface area contributed by atoms with E-state index in [2.05, 4.69) is 15.9 Å². The number of hydrogen-bond acceptors (Lipinski definition) is 1. The number of methoxy groups -OCH3 is 1. The summed E-state index contributed by atoms with van der Waals surface area (Å²) in [5.41, 5.74) is 1.01. The van der Waals surface area contributed by atoms with Crippen molar-refractivity contribution in [3.05, 3.63) is 29.6 Å². The Labute approximate surface area is 123 Å². The van der Waals surface area contributed by atoms with Gasteiger partial charge in [0, 0.05) is 4.83 Å². The molecule has 1 atom stereocenters. The molecule has 2 rings (SSSR count). The van der Waals surface area contributed by atoms with Gasteiger partial charge in [-0.3, -0.25) is 0 Å². The number of alkyl halides is 1. The van der Waals surface area contributed by atoms with Crippen molar-refractivity contribution < 1.29 is 9.13 Å². The van der Waals surface area contributed by atoms with Crippen molar-refractivity contribution in [1.29, 1.82) is 0 Å². The third-order valence-corrected chi connectivity index (χ3v) is 5.08. The van der Waals surface area contributed by atoms with Gasteiger partial charge in [-0.05, 0) is 36.5 Å². The molecular formula is C16H22BrFO. The molecule has 1 fully saturated rings. The molecule has 1 unspecified atom stereocenters. The highest BCUT2D eigenvalue weighted by atomic mass is 79.9. The van der Waals surface area contributed by atoms with Crippen LogP contribution < -0.4 is 4.74 Å². The minimum absolute atomic E-state index is 0.245. The minimum atomic E-state index is -0.276. The van der Waals surface area contributed by atoms with Crippen LogP contribution >= 0.6 is 15.9 Å². The summed E-state index contributed by atoms with van der Waals surface area (Å²) in [6, 6.07) is 5.24. The SMILES string of the molecule is COc1ccc(C(Br)CCC2CCCCC2)cc1F. The van der Waals surface area contributed by atoms with E-state index in [9.17, 15) is 4.39 Å². The van der Waals surface area contributed by atoms with E-state index < -0.39 is 0 Å². The monoisotopic (exact) mass is 328 g/mol. The van der Waals surface area contributed by atoms with Gasteiger partial charge in [0.15, 0.2) is 11.6 Å². The molecule has 0 bridgehead atoms. The normalized spacial score (nSPS) is 18.3. The smallest absolute Gasteiger partial charge is 0.165 e. The molecule has 0 radical (unpaired) electrons. The predicted octanol–water partition coefficient (Wildman–Crippen LogP) is 5.63. The summed E-state index contributed by atoms with van der Waals surface area (Å²) in [5, 5.41) is 0. The third-order valence-electron chi connectivity index (χ3n) is 4.09. The average Bonchev–Trinajstić information content (AvgIpc) is 2.45. The van der Waals surface area contributed by atoms with E-state index in [-0.39, 0.29) is 10.6 Å². The van der Waals surface area contributed by atoms with E-state index >= 15 is 0 Å². The van der Waals surface area contributed by atoms with Gasteiger partial charge in [0.2, 0.25) is 0 Å². The molecule has 3 heteroatoms. The summed E-state index contributed by atoms with van der Waals surface area (Å²) in [5.74, 6) is 0.912. The Hall–Kier alpha value is -0.570. The van der Waals surface area contributed by atoms with Crippen molar-refractivity contribution in [2.24, 2.45) is 5.92 Å². The Morgan fingerprint density at radius 2 is 2.05 bits per heavy atom. The van der Waals surface area contributed by atoms with E-state index in [1.54, 1.807) is 12.1 Å². The van der Waals surface area contributed by atoms with Gasteiger partial charge in [0.1, 0.15) is 0 Å². The van der Waals surface area contributed by atoms with Gasteiger partial charge in [-0.15, -0.1) is 0 Å². The van der Waals surface area contributed by atoms with Crippen LogP contribution in [0.1, 0.15) is 55.3 Å². The van der Waals surface area contributed by atoms with Crippen molar-refractivity contribution in [3.8, 4) is 5.75 Å². The molecule has 0 aromatic heterocycles. The van der Waals surface area contributed by atoms with Crippen molar-refractivity contribution in [3.63, 3.8) is 0 Å². The molecule has 0 N–H and O–H groups in total. The van der Waals surface area contributed by atoms with Gasteiger partial charge in [-0.1, -0.05) is 54.1 Å².